The maximum Gasteiger partial charge on any atom is 0.254 e. The van der Waals surface area contributed by atoms with E-state index in [0.29, 0.717) is 18.5 Å². The summed E-state index contributed by atoms with van der Waals surface area (Å²) in [6.07, 6.45) is 0.521. The van der Waals surface area contributed by atoms with Gasteiger partial charge in [0.1, 0.15) is 5.82 Å². The molecule has 0 spiro atoms. The zero-order chi connectivity index (χ0) is 15.9. The molecule has 1 aliphatic heterocycles. The molecule has 1 aliphatic rings. The number of fused-ring (bicyclic) bond motifs is 1. The van der Waals surface area contributed by atoms with Crippen molar-refractivity contribution in [1.29, 1.82) is 0 Å². The van der Waals surface area contributed by atoms with Gasteiger partial charge >= 0.3 is 0 Å². The van der Waals surface area contributed by atoms with Gasteiger partial charge in [0.05, 0.1) is 22.5 Å². The molecule has 118 valence electrons. The average Bonchev–Trinajstić information content (AvgIpc) is 3.00. The van der Waals surface area contributed by atoms with Gasteiger partial charge in [-0.3, -0.25) is 4.79 Å². The molecule has 1 saturated heterocycles. The molecule has 7 heteroatoms. The van der Waals surface area contributed by atoms with Crippen molar-refractivity contribution in [1.82, 2.24) is 14.9 Å². The molecular formula is C15H19N3O3S. The smallest absolute Gasteiger partial charge is 0.254 e. The minimum absolute atomic E-state index is 0.0675. The van der Waals surface area contributed by atoms with Crippen molar-refractivity contribution in [3.8, 4) is 0 Å². The molecule has 0 bridgehead atoms. The van der Waals surface area contributed by atoms with Crippen LogP contribution >= 0.6 is 0 Å². The predicted molar refractivity (Wildman–Crippen MR) is 84.6 cm³/mol. The van der Waals surface area contributed by atoms with Crippen LogP contribution in [-0.4, -0.2) is 53.3 Å². The normalized spacial score (nSPS) is 20.4. The molecule has 2 aromatic rings. The van der Waals surface area contributed by atoms with E-state index in [2.05, 4.69) is 9.97 Å². The second kappa shape index (κ2) is 5.39. The fourth-order valence-electron chi connectivity index (χ4n) is 3.02. The zero-order valence-electron chi connectivity index (χ0n) is 12.7. The third kappa shape index (κ3) is 2.72. The Morgan fingerprint density at radius 3 is 2.86 bits per heavy atom. The van der Waals surface area contributed by atoms with Crippen molar-refractivity contribution in [2.45, 2.75) is 26.3 Å². The fraction of sp³-hybridized carbons (Fsp3) is 0.467. The Labute approximate surface area is 129 Å². The Morgan fingerprint density at radius 2 is 2.23 bits per heavy atom. The molecule has 3 rings (SSSR count). The minimum Gasteiger partial charge on any atom is -0.342 e. The summed E-state index contributed by atoms with van der Waals surface area (Å²) in [6.45, 7) is 4.24. The van der Waals surface area contributed by atoms with Gasteiger partial charge in [-0.2, -0.15) is 0 Å². The van der Waals surface area contributed by atoms with E-state index < -0.39 is 9.84 Å². The molecule has 0 unspecified atom stereocenters. The Bertz CT molecular complexity index is 826. The van der Waals surface area contributed by atoms with Crippen molar-refractivity contribution in [3.63, 3.8) is 0 Å². The lowest BCUT2D eigenvalue weighted by Gasteiger charge is -2.26. The molecule has 6 nitrogen and oxygen atoms in total. The highest BCUT2D eigenvalue weighted by Gasteiger charge is 2.34. The molecule has 0 saturated carbocycles. The van der Waals surface area contributed by atoms with Gasteiger partial charge in [-0.1, -0.05) is 0 Å². The maximum absolute atomic E-state index is 12.7. The number of H-pyrrole nitrogens is 1. The number of rotatable bonds is 3. The van der Waals surface area contributed by atoms with E-state index in [4.69, 9.17) is 0 Å². The number of hydrogen-bond donors (Lipinski definition) is 1. The largest absolute Gasteiger partial charge is 0.342 e. The van der Waals surface area contributed by atoms with E-state index in [9.17, 15) is 13.2 Å². The summed E-state index contributed by atoms with van der Waals surface area (Å²) in [6, 6.07) is 5.12. The van der Waals surface area contributed by atoms with E-state index in [0.717, 1.165) is 16.9 Å². The van der Waals surface area contributed by atoms with Crippen LogP contribution in [0.3, 0.4) is 0 Å². The number of aromatic nitrogens is 2. The third-order valence-corrected chi connectivity index (χ3v) is 5.85. The summed E-state index contributed by atoms with van der Waals surface area (Å²) in [5, 5.41) is 0. The molecule has 1 amide bonds. The van der Waals surface area contributed by atoms with Crippen molar-refractivity contribution in [3.05, 3.63) is 29.6 Å². The highest BCUT2D eigenvalue weighted by atomic mass is 32.2. The lowest BCUT2D eigenvalue weighted by molar-refractivity contribution is 0.0708. The number of amides is 1. The van der Waals surface area contributed by atoms with Crippen LogP contribution < -0.4 is 0 Å². The first-order valence-corrected chi connectivity index (χ1v) is 9.19. The second-order valence-corrected chi connectivity index (χ2v) is 7.93. The number of carbonyl (C=O) groups excluding carboxylic acids is 1. The molecule has 1 fully saturated rings. The lowest BCUT2D eigenvalue weighted by Crippen LogP contribution is -2.40. The van der Waals surface area contributed by atoms with Crippen molar-refractivity contribution >= 4 is 26.8 Å². The number of carbonyl (C=O) groups is 1. The Balaban J connectivity index is 1.89. The number of sulfone groups is 1. The van der Waals surface area contributed by atoms with E-state index in [1.807, 2.05) is 19.9 Å². The van der Waals surface area contributed by atoms with Gasteiger partial charge in [0.2, 0.25) is 0 Å². The molecule has 1 N–H and O–H groups in total. The van der Waals surface area contributed by atoms with Crippen LogP contribution in [0.5, 0.6) is 0 Å². The summed E-state index contributed by atoms with van der Waals surface area (Å²) >= 11 is 0. The van der Waals surface area contributed by atoms with Crippen LogP contribution in [0.4, 0.5) is 0 Å². The summed E-state index contributed by atoms with van der Waals surface area (Å²) in [5.41, 5.74) is 2.20. The molecule has 0 aliphatic carbocycles. The van der Waals surface area contributed by atoms with Crippen LogP contribution in [0.1, 0.15) is 29.5 Å². The number of aryl methyl sites for hydroxylation is 1. The Kier molecular flexibility index (Phi) is 3.68. The molecular weight excluding hydrogens is 302 g/mol. The summed E-state index contributed by atoms with van der Waals surface area (Å²) in [4.78, 5) is 21.8. The quantitative estimate of drug-likeness (QED) is 0.929. The maximum atomic E-state index is 12.7. The predicted octanol–water partition coefficient (Wildman–Crippen LogP) is 1.52. The van der Waals surface area contributed by atoms with Crippen LogP contribution in [0.2, 0.25) is 0 Å². The number of imidazole rings is 1. The molecule has 22 heavy (non-hydrogen) atoms. The number of nitrogens with one attached hydrogen (secondary N) is 1. The van der Waals surface area contributed by atoms with Crippen molar-refractivity contribution < 1.29 is 13.2 Å². The number of aromatic amines is 1. The number of nitrogens with zero attached hydrogens (tertiary/aromatic N) is 2. The van der Waals surface area contributed by atoms with Gasteiger partial charge in [-0.05, 0) is 38.5 Å². The van der Waals surface area contributed by atoms with Gasteiger partial charge in [0.15, 0.2) is 9.84 Å². The lowest BCUT2D eigenvalue weighted by atomic mass is 10.1. The van der Waals surface area contributed by atoms with E-state index >= 15 is 0 Å². The fourth-order valence-corrected chi connectivity index (χ4v) is 4.76. The summed E-state index contributed by atoms with van der Waals surface area (Å²) < 4.78 is 23.3. The topological polar surface area (TPSA) is 83.1 Å². The summed E-state index contributed by atoms with van der Waals surface area (Å²) in [7, 11) is -3.01. The third-order valence-electron chi connectivity index (χ3n) is 4.10. The zero-order valence-corrected chi connectivity index (χ0v) is 13.5. The molecule has 1 aromatic heterocycles. The highest BCUT2D eigenvalue weighted by molar-refractivity contribution is 7.91. The van der Waals surface area contributed by atoms with Crippen LogP contribution in [-0.2, 0) is 9.84 Å². The van der Waals surface area contributed by atoms with Crippen LogP contribution in [0.25, 0.3) is 11.0 Å². The first-order chi connectivity index (χ1) is 10.4. The van der Waals surface area contributed by atoms with Gasteiger partial charge in [-0.15, -0.1) is 0 Å². The SMILES string of the molecule is CCN(C(=O)c1ccc2nc(C)[nH]c2c1)[C@H]1CCS(=O)(=O)C1. The van der Waals surface area contributed by atoms with Crippen molar-refractivity contribution in [2.24, 2.45) is 0 Å². The Hall–Kier alpha value is -1.89. The molecule has 0 radical (unpaired) electrons. The number of hydrogen-bond acceptors (Lipinski definition) is 4. The molecule has 2 heterocycles. The van der Waals surface area contributed by atoms with E-state index in [1.165, 1.54) is 0 Å². The second-order valence-electron chi connectivity index (χ2n) is 5.70. The average molecular weight is 321 g/mol. The Morgan fingerprint density at radius 1 is 1.45 bits per heavy atom. The van der Waals surface area contributed by atoms with Gasteiger partial charge in [0.25, 0.3) is 5.91 Å². The highest BCUT2D eigenvalue weighted by Crippen LogP contribution is 2.21. The van der Waals surface area contributed by atoms with Gasteiger partial charge in [-0.25, -0.2) is 13.4 Å². The molecule has 1 aromatic carbocycles. The van der Waals surface area contributed by atoms with Gasteiger partial charge < -0.3 is 9.88 Å². The van der Waals surface area contributed by atoms with E-state index in [-0.39, 0.29) is 23.5 Å². The summed E-state index contributed by atoms with van der Waals surface area (Å²) in [5.74, 6) is 0.908. The van der Waals surface area contributed by atoms with Crippen LogP contribution in [0, 0.1) is 6.92 Å². The van der Waals surface area contributed by atoms with Crippen molar-refractivity contribution in [2.75, 3.05) is 18.1 Å². The van der Waals surface area contributed by atoms with Crippen LogP contribution in [0.15, 0.2) is 18.2 Å². The number of benzene rings is 1. The standard InChI is InChI=1S/C15H19N3O3S/c1-3-18(12-6-7-22(20,21)9-12)15(19)11-4-5-13-14(8-11)17-10(2)16-13/h4-5,8,12H,3,6-7,9H2,1-2H3,(H,16,17)/t12-/m0/s1. The molecule has 1 atom stereocenters. The first kappa shape index (κ1) is 15.0. The minimum atomic E-state index is -3.01. The van der Waals surface area contributed by atoms with E-state index in [1.54, 1.807) is 17.0 Å². The van der Waals surface area contributed by atoms with Gasteiger partial charge in [0, 0.05) is 18.2 Å². The first-order valence-electron chi connectivity index (χ1n) is 7.37. The monoisotopic (exact) mass is 321 g/mol.